The summed E-state index contributed by atoms with van der Waals surface area (Å²) in [6, 6.07) is 9.25. The van der Waals surface area contributed by atoms with Gasteiger partial charge >= 0.3 is 0 Å². The predicted octanol–water partition coefficient (Wildman–Crippen LogP) is 4.69. The summed E-state index contributed by atoms with van der Waals surface area (Å²) in [6.45, 7) is 8.31. The zero-order chi connectivity index (χ0) is 13.9. The van der Waals surface area contributed by atoms with Gasteiger partial charge in [-0.05, 0) is 34.6 Å². The molecule has 0 spiro atoms. The molecular weight excluding hydrogens is 257 g/mol. The molecule has 2 rings (SSSR count). The molecule has 19 heavy (non-hydrogen) atoms. The number of benzene rings is 1. The fourth-order valence-corrected chi connectivity index (χ4v) is 2.63. The van der Waals surface area contributed by atoms with Gasteiger partial charge < -0.3 is 5.32 Å². The van der Waals surface area contributed by atoms with Gasteiger partial charge in [-0.1, -0.05) is 32.9 Å². The monoisotopic (exact) mass is 277 g/mol. The van der Waals surface area contributed by atoms with Gasteiger partial charge in [0.05, 0.1) is 0 Å². The van der Waals surface area contributed by atoms with Crippen LogP contribution in [0, 0.1) is 11.2 Å². The second-order valence-corrected chi connectivity index (χ2v) is 6.90. The van der Waals surface area contributed by atoms with Crippen molar-refractivity contribution < 1.29 is 4.39 Å². The van der Waals surface area contributed by atoms with Crippen LogP contribution in [0.5, 0.6) is 0 Å². The molecule has 0 bridgehead atoms. The number of halogens is 1. The largest absolute Gasteiger partial charge is 0.312 e. The van der Waals surface area contributed by atoms with E-state index in [1.165, 1.54) is 0 Å². The summed E-state index contributed by atoms with van der Waals surface area (Å²) in [5.41, 5.74) is 2.08. The number of thiophene rings is 1. The van der Waals surface area contributed by atoms with Crippen LogP contribution in [0.25, 0.3) is 10.4 Å². The van der Waals surface area contributed by atoms with Crippen LogP contribution in [0.15, 0.2) is 35.7 Å². The molecule has 0 radical (unpaired) electrons. The summed E-state index contributed by atoms with van der Waals surface area (Å²) in [5.74, 6) is -0.151. The summed E-state index contributed by atoms with van der Waals surface area (Å²) >= 11 is 1.57. The summed E-state index contributed by atoms with van der Waals surface area (Å²) in [4.78, 5) is 0.982. The van der Waals surface area contributed by atoms with Gasteiger partial charge in [-0.2, -0.15) is 0 Å². The van der Waals surface area contributed by atoms with Gasteiger partial charge in [0.1, 0.15) is 5.82 Å². The first kappa shape index (κ1) is 14.2. The van der Waals surface area contributed by atoms with E-state index in [9.17, 15) is 4.39 Å². The zero-order valence-corrected chi connectivity index (χ0v) is 12.5. The predicted molar refractivity (Wildman–Crippen MR) is 80.9 cm³/mol. The Bertz CT molecular complexity index is 526. The SMILES string of the molecule is CC(C)(C)CNCc1ccc(F)c(-c2cccs2)c1. The average Bonchev–Trinajstić information content (AvgIpc) is 2.83. The van der Waals surface area contributed by atoms with Gasteiger partial charge in [0.25, 0.3) is 0 Å². The second-order valence-electron chi connectivity index (χ2n) is 5.96. The molecule has 0 aliphatic heterocycles. The van der Waals surface area contributed by atoms with E-state index in [1.807, 2.05) is 29.6 Å². The van der Waals surface area contributed by atoms with E-state index in [0.717, 1.165) is 23.5 Å². The van der Waals surface area contributed by atoms with E-state index in [-0.39, 0.29) is 11.2 Å². The normalized spacial score (nSPS) is 11.8. The van der Waals surface area contributed by atoms with E-state index >= 15 is 0 Å². The van der Waals surface area contributed by atoms with Crippen LogP contribution in [-0.2, 0) is 6.54 Å². The zero-order valence-electron chi connectivity index (χ0n) is 11.7. The molecule has 0 saturated heterocycles. The molecule has 0 aliphatic carbocycles. The highest BCUT2D eigenvalue weighted by Gasteiger charge is 2.10. The van der Waals surface area contributed by atoms with E-state index in [4.69, 9.17) is 0 Å². The molecule has 1 aromatic carbocycles. The van der Waals surface area contributed by atoms with Crippen molar-refractivity contribution >= 4 is 11.3 Å². The number of nitrogens with one attached hydrogen (secondary N) is 1. The van der Waals surface area contributed by atoms with Gasteiger partial charge in [0, 0.05) is 23.5 Å². The maximum absolute atomic E-state index is 13.8. The summed E-state index contributed by atoms with van der Waals surface area (Å²) in [6.07, 6.45) is 0. The highest BCUT2D eigenvalue weighted by atomic mass is 32.1. The Balaban J connectivity index is 2.09. The lowest BCUT2D eigenvalue weighted by molar-refractivity contribution is 0.379. The second kappa shape index (κ2) is 5.85. The van der Waals surface area contributed by atoms with Crippen molar-refractivity contribution in [1.29, 1.82) is 0 Å². The molecule has 1 aromatic heterocycles. The average molecular weight is 277 g/mol. The van der Waals surface area contributed by atoms with E-state index in [1.54, 1.807) is 17.4 Å². The van der Waals surface area contributed by atoms with Gasteiger partial charge in [-0.25, -0.2) is 4.39 Å². The Morgan fingerprint density at radius 2 is 2.00 bits per heavy atom. The van der Waals surface area contributed by atoms with Crippen LogP contribution >= 0.6 is 11.3 Å². The molecule has 1 N–H and O–H groups in total. The standard InChI is InChI=1S/C16H20FNS/c1-16(2,3)11-18-10-12-6-7-14(17)13(9-12)15-5-4-8-19-15/h4-9,18H,10-11H2,1-3H3. The molecule has 102 valence electrons. The van der Waals surface area contributed by atoms with Crippen molar-refractivity contribution in [3.05, 3.63) is 47.1 Å². The maximum Gasteiger partial charge on any atom is 0.131 e. The van der Waals surface area contributed by atoms with Crippen molar-refractivity contribution in [3.63, 3.8) is 0 Å². The Morgan fingerprint density at radius 3 is 2.63 bits per heavy atom. The topological polar surface area (TPSA) is 12.0 Å². The van der Waals surface area contributed by atoms with Crippen molar-refractivity contribution in [2.75, 3.05) is 6.54 Å². The Kier molecular flexibility index (Phi) is 4.38. The number of hydrogen-bond acceptors (Lipinski definition) is 2. The van der Waals surface area contributed by atoms with Crippen LogP contribution in [-0.4, -0.2) is 6.54 Å². The molecular formula is C16H20FNS. The molecule has 0 aliphatic rings. The molecule has 1 nitrogen and oxygen atoms in total. The summed E-state index contributed by atoms with van der Waals surface area (Å²) in [5, 5.41) is 5.39. The molecule has 2 aromatic rings. The lowest BCUT2D eigenvalue weighted by Gasteiger charge is -2.19. The van der Waals surface area contributed by atoms with Crippen LogP contribution in [0.1, 0.15) is 26.3 Å². The van der Waals surface area contributed by atoms with Crippen molar-refractivity contribution in [2.24, 2.45) is 5.41 Å². The first-order valence-electron chi connectivity index (χ1n) is 6.49. The smallest absolute Gasteiger partial charge is 0.131 e. The third-order valence-corrected chi connectivity index (χ3v) is 3.71. The van der Waals surface area contributed by atoms with Gasteiger partial charge in [-0.15, -0.1) is 11.3 Å². The van der Waals surface area contributed by atoms with Gasteiger partial charge in [0.15, 0.2) is 0 Å². The number of rotatable bonds is 4. The lowest BCUT2D eigenvalue weighted by Crippen LogP contribution is -2.26. The highest BCUT2D eigenvalue weighted by molar-refractivity contribution is 7.13. The third-order valence-electron chi connectivity index (χ3n) is 2.80. The van der Waals surface area contributed by atoms with Gasteiger partial charge in [0.2, 0.25) is 0 Å². The fourth-order valence-electron chi connectivity index (χ4n) is 1.88. The maximum atomic E-state index is 13.8. The summed E-state index contributed by atoms with van der Waals surface area (Å²) in [7, 11) is 0. The van der Waals surface area contributed by atoms with Gasteiger partial charge in [-0.3, -0.25) is 0 Å². The minimum absolute atomic E-state index is 0.151. The minimum atomic E-state index is -0.151. The lowest BCUT2D eigenvalue weighted by atomic mass is 9.97. The Morgan fingerprint density at radius 1 is 1.21 bits per heavy atom. The Labute approximate surface area is 118 Å². The molecule has 0 saturated carbocycles. The molecule has 0 atom stereocenters. The molecule has 1 heterocycles. The van der Waals surface area contributed by atoms with Crippen molar-refractivity contribution in [3.8, 4) is 10.4 Å². The van der Waals surface area contributed by atoms with Crippen molar-refractivity contribution in [1.82, 2.24) is 5.32 Å². The first-order valence-corrected chi connectivity index (χ1v) is 7.37. The van der Waals surface area contributed by atoms with Crippen LogP contribution in [0.2, 0.25) is 0 Å². The van der Waals surface area contributed by atoms with Crippen LogP contribution in [0.4, 0.5) is 4.39 Å². The highest BCUT2D eigenvalue weighted by Crippen LogP contribution is 2.28. The van der Waals surface area contributed by atoms with E-state index in [0.29, 0.717) is 5.56 Å². The van der Waals surface area contributed by atoms with E-state index in [2.05, 4.69) is 26.1 Å². The summed E-state index contributed by atoms with van der Waals surface area (Å²) < 4.78 is 13.8. The first-order chi connectivity index (χ1) is 8.96. The van der Waals surface area contributed by atoms with E-state index < -0.39 is 0 Å². The van der Waals surface area contributed by atoms with Crippen LogP contribution < -0.4 is 5.32 Å². The quantitative estimate of drug-likeness (QED) is 0.855. The molecule has 3 heteroatoms. The molecule has 0 unspecified atom stereocenters. The van der Waals surface area contributed by atoms with Crippen LogP contribution in [0.3, 0.4) is 0 Å². The number of hydrogen-bond donors (Lipinski definition) is 1. The molecule has 0 amide bonds. The fraction of sp³-hybridized carbons (Fsp3) is 0.375. The third kappa shape index (κ3) is 4.15. The minimum Gasteiger partial charge on any atom is -0.312 e. The van der Waals surface area contributed by atoms with Crippen molar-refractivity contribution in [2.45, 2.75) is 27.3 Å². The Hall–Kier alpha value is -1.19. The molecule has 0 fully saturated rings.